The van der Waals surface area contributed by atoms with E-state index in [4.69, 9.17) is 4.98 Å². The van der Waals surface area contributed by atoms with Crippen molar-refractivity contribution in [1.82, 2.24) is 14.5 Å². The predicted molar refractivity (Wildman–Crippen MR) is 222 cm³/mol. The summed E-state index contributed by atoms with van der Waals surface area (Å²) in [6.07, 6.45) is 3.86. The molecule has 5 aromatic carbocycles. The third-order valence-corrected chi connectivity index (χ3v) is 21.0. The van der Waals surface area contributed by atoms with Crippen molar-refractivity contribution in [2.24, 2.45) is 0 Å². The van der Waals surface area contributed by atoms with Gasteiger partial charge in [-0.05, 0) is 0 Å². The van der Waals surface area contributed by atoms with Crippen LogP contribution in [0.15, 0.2) is 152 Å². The minimum absolute atomic E-state index is 0.0315. The first kappa shape index (κ1) is 32.6. The molecule has 0 radical (unpaired) electrons. The second-order valence-corrected chi connectivity index (χ2v) is 24.0. The molecule has 0 bridgehead atoms. The van der Waals surface area contributed by atoms with Gasteiger partial charge in [-0.15, -0.1) is 0 Å². The standard InChI is InChI=1S/C48H43GeN3/c1-47(2,3)33-20-24-41-39(29-33)40-30-34(48(4,5)6)21-25-42(40)49(41,46-19-10-12-27-51-46)35-22-23-38-37-16-7-8-18-44(37)52(45(38)31-35)36-15-13-14-32(28-36)43-17-9-11-26-50-43/h7-31H,1-6H3. The maximum atomic E-state index is 5.27. The van der Waals surface area contributed by atoms with Crippen LogP contribution < -0.4 is 17.7 Å². The van der Waals surface area contributed by atoms with Crippen molar-refractivity contribution in [3.63, 3.8) is 0 Å². The van der Waals surface area contributed by atoms with Gasteiger partial charge in [0.1, 0.15) is 0 Å². The van der Waals surface area contributed by atoms with Crippen LogP contribution in [0.5, 0.6) is 0 Å². The zero-order chi connectivity index (χ0) is 35.8. The molecule has 9 rings (SSSR count). The summed E-state index contributed by atoms with van der Waals surface area (Å²) >= 11 is -3.67. The first-order valence-corrected chi connectivity index (χ1v) is 22.5. The Balaban J connectivity index is 1.38. The van der Waals surface area contributed by atoms with Crippen LogP contribution in [0.2, 0.25) is 0 Å². The van der Waals surface area contributed by atoms with Crippen LogP contribution in [-0.4, -0.2) is 27.8 Å². The van der Waals surface area contributed by atoms with Crippen LogP contribution in [0.1, 0.15) is 52.7 Å². The molecule has 0 unspecified atom stereocenters. The van der Waals surface area contributed by atoms with Gasteiger partial charge in [0, 0.05) is 0 Å². The van der Waals surface area contributed by atoms with E-state index in [2.05, 4.69) is 185 Å². The number of rotatable bonds is 4. The predicted octanol–water partition coefficient (Wildman–Crippen LogP) is 9.19. The van der Waals surface area contributed by atoms with Crippen molar-refractivity contribution >= 4 is 52.8 Å². The average Bonchev–Trinajstić information content (AvgIpc) is 3.65. The van der Waals surface area contributed by atoms with Gasteiger partial charge in [-0.3, -0.25) is 0 Å². The molecule has 0 aliphatic carbocycles. The zero-order valence-corrected chi connectivity index (χ0v) is 32.9. The van der Waals surface area contributed by atoms with E-state index in [-0.39, 0.29) is 10.8 Å². The number of benzene rings is 5. The topological polar surface area (TPSA) is 30.7 Å². The summed E-state index contributed by atoms with van der Waals surface area (Å²) in [6, 6.07) is 52.3. The first-order valence-electron chi connectivity index (χ1n) is 18.3. The van der Waals surface area contributed by atoms with Crippen molar-refractivity contribution in [1.29, 1.82) is 0 Å². The third kappa shape index (κ3) is 5.01. The van der Waals surface area contributed by atoms with Crippen LogP contribution >= 0.6 is 0 Å². The number of para-hydroxylation sites is 1. The van der Waals surface area contributed by atoms with Gasteiger partial charge in [0.05, 0.1) is 0 Å². The molecule has 0 spiro atoms. The molecule has 0 saturated carbocycles. The summed E-state index contributed by atoms with van der Waals surface area (Å²) in [7, 11) is 0. The molecule has 0 saturated heterocycles. The minimum atomic E-state index is -3.67. The van der Waals surface area contributed by atoms with E-state index >= 15 is 0 Å². The van der Waals surface area contributed by atoms with Gasteiger partial charge >= 0.3 is 311 Å². The van der Waals surface area contributed by atoms with Crippen LogP contribution in [-0.2, 0) is 10.8 Å². The fourth-order valence-corrected chi connectivity index (χ4v) is 18.8. The molecule has 1 aliphatic heterocycles. The Morgan fingerprint density at radius 3 is 1.77 bits per heavy atom. The summed E-state index contributed by atoms with van der Waals surface area (Å²) in [5.41, 5.74) is 11.2. The number of aromatic nitrogens is 3. The van der Waals surface area contributed by atoms with Gasteiger partial charge in [-0.25, -0.2) is 0 Å². The van der Waals surface area contributed by atoms with E-state index in [0.29, 0.717) is 0 Å². The maximum absolute atomic E-state index is 5.27. The molecule has 4 heterocycles. The summed E-state index contributed by atoms with van der Waals surface area (Å²) in [5, 5.41) is 2.51. The molecule has 52 heavy (non-hydrogen) atoms. The van der Waals surface area contributed by atoms with E-state index in [1.54, 1.807) is 0 Å². The average molecular weight is 735 g/mol. The van der Waals surface area contributed by atoms with Crippen molar-refractivity contribution in [2.75, 3.05) is 0 Å². The van der Waals surface area contributed by atoms with Crippen LogP contribution in [0, 0.1) is 0 Å². The van der Waals surface area contributed by atoms with Gasteiger partial charge in [-0.1, -0.05) is 0 Å². The normalized spacial score (nSPS) is 13.7. The second kappa shape index (κ2) is 11.9. The quantitative estimate of drug-likeness (QED) is 0.169. The van der Waals surface area contributed by atoms with Crippen LogP contribution in [0.25, 0.3) is 49.9 Å². The Bertz CT molecular complexity index is 2580. The third-order valence-electron chi connectivity index (χ3n) is 11.1. The molecule has 254 valence electrons. The Morgan fingerprint density at radius 1 is 0.500 bits per heavy atom. The van der Waals surface area contributed by atoms with Crippen molar-refractivity contribution in [3.8, 4) is 28.1 Å². The van der Waals surface area contributed by atoms with E-state index in [1.165, 1.54) is 61.8 Å². The second-order valence-electron chi connectivity index (χ2n) is 16.3. The molecule has 3 nitrogen and oxygen atoms in total. The van der Waals surface area contributed by atoms with Crippen LogP contribution in [0.3, 0.4) is 0 Å². The van der Waals surface area contributed by atoms with Crippen molar-refractivity contribution < 1.29 is 0 Å². The van der Waals surface area contributed by atoms with E-state index in [0.717, 1.165) is 16.9 Å². The molecule has 0 amide bonds. The number of fused-ring (bicyclic) bond motifs is 6. The van der Waals surface area contributed by atoms with E-state index < -0.39 is 13.3 Å². The van der Waals surface area contributed by atoms with E-state index in [1.807, 2.05) is 18.5 Å². The molecule has 3 aromatic heterocycles. The molecule has 0 fully saturated rings. The molecule has 8 aromatic rings. The fraction of sp³-hybridized carbons (Fsp3) is 0.167. The molecule has 1 aliphatic rings. The number of pyridine rings is 2. The van der Waals surface area contributed by atoms with Gasteiger partial charge in [0.15, 0.2) is 0 Å². The molecular weight excluding hydrogens is 691 g/mol. The summed E-state index contributed by atoms with van der Waals surface area (Å²) in [6.45, 7) is 13.9. The Morgan fingerprint density at radius 2 is 1.13 bits per heavy atom. The van der Waals surface area contributed by atoms with E-state index in [9.17, 15) is 0 Å². The summed E-state index contributed by atoms with van der Waals surface area (Å²) < 4.78 is 7.99. The van der Waals surface area contributed by atoms with Gasteiger partial charge in [0.25, 0.3) is 0 Å². The Hall–Kier alpha value is -5.26. The Kier molecular flexibility index (Phi) is 7.47. The number of hydrogen-bond donors (Lipinski definition) is 0. The summed E-state index contributed by atoms with van der Waals surface area (Å²) in [4.78, 5) is 9.95. The fourth-order valence-electron chi connectivity index (χ4n) is 8.41. The zero-order valence-electron chi connectivity index (χ0n) is 30.8. The van der Waals surface area contributed by atoms with Gasteiger partial charge in [-0.2, -0.15) is 0 Å². The molecule has 0 atom stereocenters. The Labute approximate surface area is 309 Å². The van der Waals surface area contributed by atoms with Crippen LogP contribution in [0.4, 0.5) is 0 Å². The number of nitrogens with zero attached hydrogens (tertiary/aromatic N) is 3. The summed E-state index contributed by atoms with van der Waals surface area (Å²) in [5.74, 6) is 0. The van der Waals surface area contributed by atoms with Crippen molar-refractivity contribution in [3.05, 3.63) is 163 Å². The van der Waals surface area contributed by atoms with Gasteiger partial charge < -0.3 is 0 Å². The number of hydrogen-bond acceptors (Lipinski definition) is 2. The first-order chi connectivity index (χ1) is 25.0. The molecule has 0 N–H and O–H groups in total. The molecular formula is C48H43GeN3. The van der Waals surface area contributed by atoms with Crippen molar-refractivity contribution in [2.45, 2.75) is 52.4 Å². The molecule has 4 heteroatoms. The SMILES string of the molecule is CC(C)(C)c1cc[c]2c(c1)-c1cc(C(C)(C)C)cc[c]1[Ge]2([c]1ccc2c3ccccc3n(-c3cccc(-c4ccccn4)c3)c2c1)[c]1ccccn1. The van der Waals surface area contributed by atoms with Gasteiger partial charge in [0.2, 0.25) is 0 Å². The monoisotopic (exact) mass is 735 g/mol.